The van der Waals surface area contributed by atoms with E-state index in [-0.39, 0.29) is 47.6 Å². The molecule has 1 spiro atoms. The van der Waals surface area contributed by atoms with Crippen LogP contribution in [0, 0.1) is 11.8 Å². The molecular formula is C26H42N2O6. The highest BCUT2D eigenvalue weighted by atomic mass is 16.6. The molecule has 0 radical (unpaired) electrons. The maximum Gasteiger partial charge on any atom is 0.410 e. The molecule has 4 aliphatic heterocycles. The second kappa shape index (κ2) is 9.36. The Balaban J connectivity index is 1.14. The van der Waals surface area contributed by atoms with E-state index in [1.165, 1.54) is 5.57 Å². The van der Waals surface area contributed by atoms with Crippen molar-refractivity contribution < 1.29 is 28.8 Å². The molecule has 0 aromatic heterocycles. The lowest BCUT2D eigenvalue weighted by Gasteiger charge is -2.44. The minimum Gasteiger partial charge on any atom is -0.443 e. The van der Waals surface area contributed by atoms with Crippen molar-refractivity contribution in [2.75, 3.05) is 46.4 Å². The minimum absolute atomic E-state index is 0.0482. The molecule has 0 unspecified atom stereocenters. The van der Waals surface area contributed by atoms with Crippen molar-refractivity contribution >= 4 is 6.09 Å². The first-order valence-corrected chi connectivity index (χ1v) is 13.1. The van der Waals surface area contributed by atoms with Gasteiger partial charge in [-0.05, 0) is 65.3 Å². The number of ether oxygens (including phenoxy) is 4. The third kappa shape index (κ3) is 4.76. The van der Waals surface area contributed by atoms with Crippen LogP contribution in [0.3, 0.4) is 0 Å². The first-order valence-electron chi connectivity index (χ1n) is 13.1. The standard InChI is InChI=1S/C26H42N2O6/c1-17(2)5-6-21-25(3,34-21)23-22(31-4)20(7-10-26(23)16-32-26)33-24(30)28-13-18(14-28)8-11-27-12-9-19(29)15-27/h5,18-23,29H,6-16H2,1-4H3/t19-,20-,21-,22-,23-,25+,26+/m1/s1. The largest absolute Gasteiger partial charge is 0.443 e. The van der Waals surface area contributed by atoms with E-state index in [0.717, 1.165) is 71.4 Å². The number of epoxide rings is 2. The van der Waals surface area contributed by atoms with Crippen LogP contribution in [0.1, 0.15) is 52.9 Å². The highest BCUT2D eigenvalue weighted by molar-refractivity contribution is 5.69. The summed E-state index contributed by atoms with van der Waals surface area (Å²) in [5.74, 6) is 0.562. The van der Waals surface area contributed by atoms with E-state index in [4.69, 9.17) is 18.9 Å². The van der Waals surface area contributed by atoms with Gasteiger partial charge in [0.2, 0.25) is 0 Å². The topological polar surface area (TPSA) is 87.3 Å². The van der Waals surface area contributed by atoms with E-state index in [1.807, 2.05) is 4.90 Å². The van der Waals surface area contributed by atoms with Crippen LogP contribution in [0.25, 0.3) is 0 Å². The number of aliphatic hydroxyl groups excluding tert-OH is 1. The Hall–Kier alpha value is -1.19. The van der Waals surface area contributed by atoms with E-state index in [1.54, 1.807) is 7.11 Å². The molecule has 1 saturated carbocycles. The Labute approximate surface area is 203 Å². The number of carbonyl (C=O) groups excluding carboxylic acids is 1. The summed E-state index contributed by atoms with van der Waals surface area (Å²) < 4.78 is 24.3. The predicted molar refractivity (Wildman–Crippen MR) is 127 cm³/mol. The highest BCUT2D eigenvalue weighted by Gasteiger charge is 2.72. The summed E-state index contributed by atoms with van der Waals surface area (Å²) in [6, 6.07) is 0. The Kier molecular flexibility index (Phi) is 6.74. The quantitative estimate of drug-likeness (QED) is 0.424. The summed E-state index contributed by atoms with van der Waals surface area (Å²) in [4.78, 5) is 17.1. The number of amides is 1. The maximum atomic E-state index is 12.9. The van der Waals surface area contributed by atoms with Crippen molar-refractivity contribution in [3.8, 4) is 0 Å². The van der Waals surface area contributed by atoms with E-state index in [9.17, 15) is 9.90 Å². The molecule has 0 bridgehead atoms. The molecule has 192 valence electrons. The first-order chi connectivity index (χ1) is 16.2. The summed E-state index contributed by atoms with van der Waals surface area (Å²) in [6.07, 6.45) is 5.90. The Bertz CT molecular complexity index is 790. The molecule has 4 heterocycles. The molecule has 1 aliphatic carbocycles. The Morgan fingerprint density at radius 1 is 1.24 bits per heavy atom. The molecule has 8 heteroatoms. The van der Waals surface area contributed by atoms with E-state index in [0.29, 0.717) is 5.92 Å². The van der Waals surface area contributed by atoms with Gasteiger partial charge in [-0.3, -0.25) is 0 Å². The number of allylic oxidation sites excluding steroid dienone is 1. The van der Waals surface area contributed by atoms with Gasteiger partial charge in [0.05, 0.1) is 24.7 Å². The molecule has 5 fully saturated rings. The average Bonchev–Trinajstić information content (AvgIpc) is 3.63. The number of hydrogen-bond donors (Lipinski definition) is 1. The fraction of sp³-hybridized carbons (Fsp3) is 0.885. The summed E-state index contributed by atoms with van der Waals surface area (Å²) in [7, 11) is 1.71. The molecule has 5 aliphatic rings. The van der Waals surface area contributed by atoms with E-state index >= 15 is 0 Å². The van der Waals surface area contributed by atoms with E-state index in [2.05, 4.69) is 31.7 Å². The molecule has 34 heavy (non-hydrogen) atoms. The number of β-amino-alcohol motifs (C(OH)–C–C–N with tert-alkyl or cyclic N) is 1. The summed E-state index contributed by atoms with van der Waals surface area (Å²) in [5.41, 5.74) is 0.766. The molecule has 7 atom stereocenters. The van der Waals surface area contributed by atoms with Crippen LogP contribution in [-0.2, 0) is 18.9 Å². The number of carbonyl (C=O) groups is 1. The highest BCUT2D eigenvalue weighted by Crippen LogP contribution is 2.59. The fourth-order valence-electron chi connectivity index (χ4n) is 6.56. The van der Waals surface area contributed by atoms with Crippen LogP contribution in [0.2, 0.25) is 0 Å². The second-order valence-electron chi connectivity index (χ2n) is 11.6. The molecular weight excluding hydrogens is 436 g/mol. The molecule has 1 N–H and O–H groups in total. The molecule has 5 rings (SSSR count). The third-order valence-electron chi connectivity index (χ3n) is 8.81. The minimum atomic E-state index is -0.320. The smallest absolute Gasteiger partial charge is 0.410 e. The number of hydrogen-bond acceptors (Lipinski definition) is 7. The van der Waals surface area contributed by atoms with Crippen LogP contribution in [-0.4, -0.2) is 103 Å². The number of rotatable bonds is 8. The third-order valence-corrected chi connectivity index (χ3v) is 8.81. The molecule has 0 aromatic carbocycles. The van der Waals surface area contributed by atoms with Gasteiger partial charge in [0.1, 0.15) is 23.4 Å². The van der Waals surface area contributed by atoms with Gasteiger partial charge in [0, 0.05) is 33.3 Å². The van der Waals surface area contributed by atoms with Crippen molar-refractivity contribution in [2.45, 2.75) is 88.5 Å². The fourth-order valence-corrected chi connectivity index (χ4v) is 6.56. The van der Waals surface area contributed by atoms with Crippen molar-refractivity contribution in [3.63, 3.8) is 0 Å². The maximum absolute atomic E-state index is 12.9. The van der Waals surface area contributed by atoms with Gasteiger partial charge in [0.15, 0.2) is 0 Å². The SMILES string of the molecule is CO[C@@H]1[C@H](OC(=O)N2CC(CCN3CC[C@@H](O)C3)C2)CC[C@]2(CO2)[C@H]1[C@@]1(C)O[C@@H]1CC=C(C)C. The van der Waals surface area contributed by atoms with Crippen LogP contribution >= 0.6 is 0 Å². The second-order valence-corrected chi connectivity index (χ2v) is 11.6. The lowest BCUT2D eigenvalue weighted by molar-refractivity contribution is -0.124. The first kappa shape index (κ1) is 24.5. The number of nitrogens with zero attached hydrogens (tertiary/aromatic N) is 2. The Morgan fingerprint density at radius 3 is 2.62 bits per heavy atom. The number of methoxy groups -OCH3 is 1. The lowest BCUT2D eigenvalue weighted by atomic mass is 9.68. The van der Waals surface area contributed by atoms with Crippen LogP contribution < -0.4 is 0 Å². The average molecular weight is 479 g/mol. The predicted octanol–water partition coefficient (Wildman–Crippen LogP) is 2.59. The van der Waals surface area contributed by atoms with Crippen molar-refractivity contribution in [2.24, 2.45) is 11.8 Å². The molecule has 8 nitrogen and oxygen atoms in total. The molecule has 0 aromatic rings. The van der Waals surface area contributed by atoms with Gasteiger partial charge in [-0.25, -0.2) is 4.79 Å². The van der Waals surface area contributed by atoms with Gasteiger partial charge in [-0.15, -0.1) is 0 Å². The van der Waals surface area contributed by atoms with Crippen LogP contribution in [0.5, 0.6) is 0 Å². The molecule has 4 saturated heterocycles. The van der Waals surface area contributed by atoms with Gasteiger partial charge < -0.3 is 33.9 Å². The van der Waals surface area contributed by atoms with Crippen LogP contribution in [0.4, 0.5) is 4.79 Å². The van der Waals surface area contributed by atoms with Crippen molar-refractivity contribution in [1.29, 1.82) is 0 Å². The van der Waals surface area contributed by atoms with E-state index < -0.39 is 0 Å². The number of likely N-dealkylation sites (tertiary alicyclic amines) is 2. The number of aliphatic hydroxyl groups is 1. The summed E-state index contributed by atoms with van der Waals surface area (Å²) in [5, 5.41) is 9.68. The molecule has 1 amide bonds. The van der Waals surface area contributed by atoms with Crippen molar-refractivity contribution in [1.82, 2.24) is 9.80 Å². The summed E-state index contributed by atoms with van der Waals surface area (Å²) >= 11 is 0. The van der Waals surface area contributed by atoms with Gasteiger partial charge >= 0.3 is 6.09 Å². The van der Waals surface area contributed by atoms with Crippen LogP contribution in [0.15, 0.2) is 11.6 Å². The lowest BCUT2D eigenvalue weighted by Crippen LogP contribution is -2.57. The summed E-state index contributed by atoms with van der Waals surface area (Å²) in [6.45, 7) is 11.4. The van der Waals surface area contributed by atoms with Gasteiger partial charge in [0.25, 0.3) is 0 Å². The zero-order valence-corrected chi connectivity index (χ0v) is 21.2. The van der Waals surface area contributed by atoms with Gasteiger partial charge in [-0.1, -0.05) is 11.6 Å². The zero-order valence-electron chi connectivity index (χ0n) is 21.2. The van der Waals surface area contributed by atoms with Crippen molar-refractivity contribution in [3.05, 3.63) is 11.6 Å². The normalized spacial score (nSPS) is 41.9. The monoisotopic (exact) mass is 478 g/mol. The Morgan fingerprint density at radius 2 is 2.00 bits per heavy atom. The zero-order chi connectivity index (χ0) is 24.1. The van der Waals surface area contributed by atoms with Gasteiger partial charge in [-0.2, -0.15) is 0 Å².